The van der Waals surface area contributed by atoms with Crippen molar-refractivity contribution >= 4 is 15.7 Å². The van der Waals surface area contributed by atoms with Gasteiger partial charge in [0.15, 0.2) is 0 Å². The van der Waals surface area contributed by atoms with E-state index < -0.39 is 10.0 Å². The summed E-state index contributed by atoms with van der Waals surface area (Å²) in [4.78, 5) is 0.0517. The van der Waals surface area contributed by atoms with Crippen LogP contribution in [0.15, 0.2) is 23.1 Å². The van der Waals surface area contributed by atoms with Crippen molar-refractivity contribution in [2.75, 3.05) is 26.0 Å². The van der Waals surface area contributed by atoms with Crippen LogP contribution >= 0.6 is 0 Å². The number of nitrogen functional groups attached to an aromatic ring is 1. The molecule has 0 bridgehead atoms. The zero-order valence-electron chi connectivity index (χ0n) is 11.5. The minimum Gasteiger partial charge on any atom is -0.489 e. The van der Waals surface area contributed by atoms with E-state index in [-0.39, 0.29) is 11.0 Å². The van der Waals surface area contributed by atoms with Gasteiger partial charge in [-0.2, -0.15) is 0 Å². The van der Waals surface area contributed by atoms with E-state index in [9.17, 15) is 8.42 Å². The molecule has 0 aromatic heterocycles. The molecule has 1 fully saturated rings. The van der Waals surface area contributed by atoms with Crippen molar-refractivity contribution in [3.63, 3.8) is 0 Å². The molecule has 7 heteroatoms. The first kappa shape index (κ1) is 15.1. The van der Waals surface area contributed by atoms with Crippen LogP contribution in [0.4, 0.5) is 5.69 Å². The molecule has 0 radical (unpaired) electrons. The molecule has 6 nitrogen and oxygen atoms in total. The molecule has 112 valence electrons. The normalized spacial score (nSPS) is 19.8. The van der Waals surface area contributed by atoms with E-state index >= 15 is 0 Å². The first-order chi connectivity index (χ1) is 9.53. The molecule has 1 aromatic rings. The summed E-state index contributed by atoms with van der Waals surface area (Å²) in [5.74, 6) is 0.294. The van der Waals surface area contributed by atoms with E-state index in [1.807, 2.05) is 0 Å². The third kappa shape index (κ3) is 3.62. The van der Waals surface area contributed by atoms with Crippen molar-refractivity contribution in [1.82, 2.24) is 4.72 Å². The average Bonchev–Trinajstić information content (AvgIpc) is 2.47. The first-order valence-corrected chi connectivity index (χ1v) is 8.09. The SMILES string of the molecule is CNS(=O)(=O)c1cc(N)ccc1OCC1CCCCO1. The molecule has 1 saturated heterocycles. The number of sulfonamides is 1. The molecule has 1 aliphatic rings. The van der Waals surface area contributed by atoms with Crippen LogP contribution in [0.1, 0.15) is 19.3 Å². The molecule has 1 aromatic carbocycles. The molecule has 1 unspecified atom stereocenters. The molecule has 0 saturated carbocycles. The van der Waals surface area contributed by atoms with Crippen molar-refractivity contribution in [2.45, 2.75) is 30.3 Å². The van der Waals surface area contributed by atoms with Crippen LogP contribution in [0.2, 0.25) is 0 Å². The highest BCUT2D eigenvalue weighted by atomic mass is 32.2. The van der Waals surface area contributed by atoms with Gasteiger partial charge in [0.2, 0.25) is 10.0 Å². The highest BCUT2D eigenvalue weighted by Gasteiger charge is 2.20. The Morgan fingerprint density at radius 3 is 2.90 bits per heavy atom. The van der Waals surface area contributed by atoms with E-state index in [2.05, 4.69) is 4.72 Å². The summed E-state index contributed by atoms with van der Waals surface area (Å²) in [5.41, 5.74) is 6.02. The van der Waals surface area contributed by atoms with Crippen molar-refractivity contribution < 1.29 is 17.9 Å². The van der Waals surface area contributed by atoms with Crippen LogP contribution in [-0.2, 0) is 14.8 Å². The van der Waals surface area contributed by atoms with Crippen LogP contribution < -0.4 is 15.2 Å². The van der Waals surface area contributed by atoms with Gasteiger partial charge in [-0.3, -0.25) is 0 Å². The van der Waals surface area contributed by atoms with Crippen LogP contribution in [0, 0.1) is 0 Å². The number of nitrogens with two attached hydrogens (primary N) is 1. The van der Waals surface area contributed by atoms with Crippen molar-refractivity contribution in [3.05, 3.63) is 18.2 Å². The van der Waals surface area contributed by atoms with E-state index in [1.54, 1.807) is 12.1 Å². The van der Waals surface area contributed by atoms with Gasteiger partial charge in [-0.1, -0.05) is 0 Å². The zero-order chi connectivity index (χ0) is 14.6. The van der Waals surface area contributed by atoms with E-state index in [4.69, 9.17) is 15.2 Å². The average molecular weight is 300 g/mol. The third-order valence-electron chi connectivity index (χ3n) is 3.22. The maximum atomic E-state index is 11.9. The lowest BCUT2D eigenvalue weighted by Gasteiger charge is -2.23. The number of benzene rings is 1. The van der Waals surface area contributed by atoms with Gasteiger partial charge in [-0.25, -0.2) is 13.1 Å². The molecular formula is C13H20N2O4S. The molecule has 1 atom stereocenters. The standard InChI is InChI=1S/C13H20N2O4S/c1-15-20(16,17)13-8-10(14)5-6-12(13)19-9-11-4-2-3-7-18-11/h5-6,8,11,15H,2-4,7,9,14H2,1H3. The second-order valence-corrected chi connectivity index (χ2v) is 6.57. The lowest BCUT2D eigenvalue weighted by atomic mass is 10.1. The minimum absolute atomic E-state index is 0.0199. The Bertz CT molecular complexity index is 553. The fraction of sp³-hybridized carbons (Fsp3) is 0.538. The highest BCUT2D eigenvalue weighted by Crippen LogP contribution is 2.26. The summed E-state index contributed by atoms with van der Waals surface area (Å²) in [5, 5.41) is 0. The van der Waals surface area contributed by atoms with E-state index in [0.29, 0.717) is 18.0 Å². The molecular weight excluding hydrogens is 280 g/mol. The molecule has 0 amide bonds. The number of hydrogen-bond donors (Lipinski definition) is 2. The summed E-state index contributed by atoms with van der Waals surface area (Å²) in [6.07, 6.45) is 3.13. The fourth-order valence-electron chi connectivity index (χ4n) is 2.09. The maximum Gasteiger partial charge on any atom is 0.244 e. The lowest BCUT2D eigenvalue weighted by molar-refractivity contribution is -0.0116. The van der Waals surface area contributed by atoms with Crippen molar-refractivity contribution in [1.29, 1.82) is 0 Å². The first-order valence-electron chi connectivity index (χ1n) is 6.60. The van der Waals surface area contributed by atoms with Gasteiger partial charge in [0.25, 0.3) is 0 Å². The van der Waals surface area contributed by atoms with Gasteiger partial charge >= 0.3 is 0 Å². The van der Waals surface area contributed by atoms with Gasteiger partial charge in [-0.05, 0) is 44.5 Å². The molecule has 0 aliphatic carbocycles. The van der Waals surface area contributed by atoms with Gasteiger partial charge in [0, 0.05) is 12.3 Å². The minimum atomic E-state index is -3.60. The maximum absolute atomic E-state index is 11.9. The zero-order valence-corrected chi connectivity index (χ0v) is 12.3. The Balaban J connectivity index is 2.14. The lowest BCUT2D eigenvalue weighted by Crippen LogP contribution is -2.26. The molecule has 0 spiro atoms. The Hall–Kier alpha value is -1.31. The smallest absolute Gasteiger partial charge is 0.244 e. The van der Waals surface area contributed by atoms with Gasteiger partial charge in [0.1, 0.15) is 17.3 Å². The molecule has 20 heavy (non-hydrogen) atoms. The monoisotopic (exact) mass is 300 g/mol. The van der Waals surface area contributed by atoms with Gasteiger partial charge in [0.05, 0.1) is 6.10 Å². The Kier molecular flexibility index (Phi) is 4.85. The Morgan fingerprint density at radius 1 is 1.45 bits per heavy atom. The van der Waals surface area contributed by atoms with Crippen LogP contribution in [0.25, 0.3) is 0 Å². The topological polar surface area (TPSA) is 90.7 Å². The third-order valence-corrected chi connectivity index (χ3v) is 4.66. The largest absolute Gasteiger partial charge is 0.489 e. The fourth-order valence-corrected chi connectivity index (χ4v) is 2.99. The number of ether oxygens (including phenoxy) is 2. The molecule has 2 rings (SSSR count). The Morgan fingerprint density at radius 2 is 2.25 bits per heavy atom. The summed E-state index contributed by atoms with van der Waals surface area (Å²) >= 11 is 0. The van der Waals surface area contributed by atoms with Crippen LogP contribution in [-0.4, -0.2) is 34.8 Å². The quantitative estimate of drug-likeness (QED) is 0.795. The predicted octanol–water partition coefficient (Wildman–Crippen LogP) is 1.12. The van der Waals surface area contributed by atoms with Crippen LogP contribution in [0.3, 0.4) is 0 Å². The second-order valence-electron chi connectivity index (χ2n) is 4.71. The summed E-state index contributed by atoms with van der Waals surface area (Å²) in [6.45, 7) is 1.08. The Labute approximate surface area is 119 Å². The number of anilines is 1. The van der Waals surface area contributed by atoms with Crippen LogP contribution in [0.5, 0.6) is 5.75 Å². The van der Waals surface area contributed by atoms with E-state index in [1.165, 1.54) is 13.1 Å². The van der Waals surface area contributed by atoms with E-state index in [0.717, 1.165) is 25.9 Å². The molecule has 3 N–H and O–H groups in total. The molecule has 1 aliphatic heterocycles. The van der Waals surface area contributed by atoms with Crippen molar-refractivity contribution in [3.8, 4) is 5.75 Å². The summed E-state index contributed by atoms with van der Waals surface area (Å²) < 4.78 is 37.3. The van der Waals surface area contributed by atoms with Gasteiger partial charge in [-0.15, -0.1) is 0 Å². The van der Waals surface area contributed by atoms with Crippen molar-refractivity contribution in [2.24, 2.45) is 0 Å². The molecule has 1 heterocycles. The summed E-state index contributed by atoms with van der Waals surface area (Å²) in [7, 11) is -2.25. The number of hydrogen-bond acceptors (Lipinski definition) is 5. The predicted molar refractivity (Wildman–Crippen MR) is 76.2 cm³/mol. The highest BCUT2D eigenvalue weighted by molar-refractivity contribution is 7.89. The number of nitrogens with one attached hydrogen (secondary N) is 1. The second kappa shape index (κ2) is 6.43. The summed E-state index contributed by atoms with van der Waals surface area (Å²) in [6, 6.07) is 4.58. The van der Waals surface area contributed by atoms with Gasteiger partial charge < -0.3 is 15.2 Å². The number of rotatable bonds is 5.